The second-order valence-corrected chi connectivity index (χ2v) is 18.4. The molecule has 8 rings (SSSR count). The molecule has 318 valence electrons. The Morgan fingerprint density at radius 3 is 2.10 bits per heavy atom. The first-order chi connectivity index (χ1) is 27.1. The highest BCUT2D eigenvalue weighted by molar-refractivity contribution is 7.92. The van der Waals surface area contributed by atoms with Crippen molar-refractivity contribution in [2.24, 2.45) is 20.3 Å². The van der Waals surface area contributed by atoms with Gasteiger partial charge in [0.2, 0.25) is 0 Å². The van der Waals surface area contributed by atoms with Gasteiger partial charge < -0.3 is 63.9 Å². The van der Waals surface area contributed by atoms with E-state index in [2.05, 4.69) is 18.2 Å². The molecule has 2 aromatic rings. The van der Waals surface area contributed by atoms with Crippen molar-refractivity contribution < 1.29 is 69.3 Å². The first-order valence-electron chi connectivity index (χ1n) is 18.4. The van der Waals surface area contributed by atoms with Gasteiger partial charge in [0.15, 0.2) is 41.6 Å². The number of rotatable bonds is 11. The van der Waals surface area contributed by atoms with Crippen molar-refractivity contribution in [3.8, 4) is 11.5 Å². The van der Waals surface area contributed by atoms with Crippen LogP contribution in [-0.4, -0.2) is 120 Å². The third-order valence-electron chi connectivity index (χ3n) is 10.0. The quantitative estimate of drug-likeness (QED) is 0.196. The fourth-order valence-electron chi connectivity index (χ4n) is 8.04. The third-order valence-corrected chi connectivity index (χ3v) is 11.9. The summed E-state index contributed by atoms with van der Waals surface area (Å²) in [7, 11) is -6.61. The number of benzene rings is 2. The molecule has 0 spiro atoms. The van der Waals surface area contributed by atoms with E-state index in [1.54, 1.807) is 45.0 Å². The van der Waals surface area contributed by atoms with Crippen molar-refractivity contribution in [3.05, 3.63) is 47.5 Å². The standard InChI is InChI=1S/C35H46N6O15S2/c1-33(2,42)52-21-13-16(15-48-19-11-7-9-17-23(19)29(36)40-57(43,44)38-17)49-32-26(21)55-35(5,56-32)14-22(25-27-28(31(47-6)51-25)54-34(3,4)53-27)50-20-12-8-10-18-24(20)30(37)41-58(45,46)39-18/h7-12,16,21-22,25-28,31-32,38-39,42H,13-15H2,1-6H3,(H2,36,40)(H2,37,41). The molecule has 21 nitrogen and oxygen atoms in total. The van der Waals surface area contributed by atoms with Crippen molar-refractivity contribution in [2.45, 2.75) is 120 Å². The molecular weight excluding hydrogens is 809 g/mol. The van der Waals surface area contributed by atoms with Crippen LogP contribution < -0.4 is 30.4 Å². The van der Waals surface area contributed by atoms with E-state index >= 15 is 0 Å². The molecule has 0 amide bonds. The molecule has 10 unspecified atom stereocenters. The van der Waals surface area contributed by atoms with Gasteiger partial charge in [-0.3, -0.25) is 9.44 Å². The number of ether oxygens (including phenoxy) is 10. The Morgan fingerprint density at radius 1 is 0.879 bits per heavy atom. The van der Waals surface area contributed by atoms with E-state index in [1.807, 2.05) is 0 Å². The Balaban J connectivity index is 1.07. The van der Waals surface area contributed by atoms with Gasteiger partial charge in [0.05, 0.1) is 34.7 Å². The highest BCUT2D eigenvalue weighted by atomic mass is 32.2. The Morgan fingerprint density at radius 2 is 1.48 bits per heavy atom. The molecule has 10 atom stereocenters. The predicted octanol–water partition coefficient (Wildman–Crippen LogP) is 0.906. The van der Waals surface area contributed by atoms with Crippen molar-refractivity contribution >= 4 is 43.5 Å². The number of nitrogens with one attached hydrogen (secondary N) is 2. The van der Waals surface area contributed by atoms with Crippen LogP contribution in [0.2, 0.25) is 0 Å². The number of hydrogen-bond donors (Lipinski definition) is 5. The van der Waals surface area contributed by atoms with Crippen LogP contribution in [0.1, 0.15) is 58.6 Å². The van der Waals surface area contributed by atoms with E-state index in [0.29, 0.717) is 0 Å². The second kappa shape index (κ2) is 14.4. The van der Waals surface area contributed by atoms with E-state index in [0.717, 1.165) is 0 Å². The molecule has 2 aromatic carbocycles. The van der Waals surface area contributed by atoms with Gasteiger partial charge in [0.1, 0.15) is 48.6 Å². The van der Waals surface area contributed by atoms with Gasteiger partial charge in [0, 0.05) is 20.0 Å². The summed E-state index contributed by atoms with van der Waals surface area (Å²) >= 11 is 0. The summed E-state index contributed by atoms with van der Waals surface area (Å²) < 4.78 is 124. The highest BCUT2D eigenvalue weighted by Crippen LogP contribution is 2.46. The summed E-state index contributed by atoms with van der Waals surface area (Å²) in [4.78, 5) is 0. The summed E-state index contributed by atoms with van der Waals surface area (Å²) in [5.41, 5.74) is 13.1. The lowest BCUT2D eigenvalue weighted by molar-refractivity contribution is -0.274. The lowest BCUT2D eigenvalue weighted by atomic mass is 9.99. The molecule has 4 fully saturated rings. The maximum Gasteiger partial charge on any atom is 0.344 e. The molecule has 0 bridgehead atoms. The number of methoxy groups -OCH3 is 1. The third kappa shape index (κ3) is 8.17. The Kier molecular flexibility index (Phi) is 10.1. The normalized spacial score (nSPS) is 34.5. The SMILES string of the molecule is COC1OC(C(CC2(C)OC3OC(COc4cccc5c4C(N)=NS(=O)(=O)N5)CC(OC(C)(C)O)C3O2)Oc2cccc3c2C(N)=NS(=O)(=O)N3)C2OC(C)(C)OC12. The maximum absolute atomic E-state index is 12.4. The van der Waals surface area contributed by atoms with Crippen LogP contribution in [-0.2, 0) is 58.3 Å². The van der Waals surface area contributed by atoms with Crippen LogP contribution >= 0.6 is 0 Å². The average Bonchev–Trinajstić information content (AvgIpc) is 3.71. The topological polar surface area (TPSA) is 282 Å². The molecule has 6 aliphatic heterocycles. The van der Waals surface area contributed by atoms with Crippen LogP contribution in [0.25, 0.3) is 0 Å². The number of hydrogen-bond acceptors (Lipinski definition) is 17. The summed E-state index contributed by atoms with van der Waals surface area (Å²) in [6.07, 6.45) is -7.20. The van der Waals surface area contributed by atoms with Crippen LogP contribution in [0.15, 0.2) is 45.2 Å². The number of nitrogens with two attached hydrogens (primary N) is 2. The van der Waals surface area contributed by atoms with E-state index < -0.39 is 93.1 Å². The molecule has 0 radical (unpaired) electrons. The average molecular weight is 855 g/mol. The van der Waals surface area contributed by atoms with E-state index in [4.69, 9.17) is 58.8 Å². The zero-order valence-electron chi connectivity index (χ0n) is 32.3. The molecule has 7 N–H and O–H groups in total. The largest absolute Gasteiger partial charge is 0.490 e. The fraction of sp³-hybridized carbons (Fsp3) is 0.600. The van der Waals surface area contributed by atoms with Crippen molar-refractivity contribution in [1.29, 1.82) is 0 Å². The monoisotopic (exact) mass is 854 g/mol. The smallest absolute Gasteiger partial charge is 0.344 e. The minimum atomic E-state index is -4.08. The van der Waals surface area contributed by atoms with Crippen LogP contribution in [0.3, 0.4) is 0 Å². The maximum atomic E-state index is 12.4. The summed E-state index contributed by atoms with van der Waals surface area (Å²) in [5, 5.41) is 10.8. The summed E-state index contributed by atoms with van der Waals surface area (Å²) in [6, 6.07) is 9.49. The van der Waals surface area contributed by atoms with Crippen molar-refractivity contribution in [2.75, 3.05) is 23.2 Å². The van der Waals surface area contributed by atoms with Crippen LogP contribution in [0.4, 0.5) is 11.4 Å². The summed E-state index contributed by atoms with van der Waals surface area (Å²) in [6.45, 7) is 8.15. The number of aliphatic hydroxyl groups is 1. The molecule has 23 heteroatoms. The minimum absolute atomic E-state index is 0.0367. The molecule has 0 saturated carbocycles. The van der Waals surface area contributed by atoms with Crippen LogP contribution in [0, 0.1) is 0 Å². The van der Waals surface area contributed by atoms with Gasteiger partial charge in [-0.05, 0) is 58.9 Å². The lowest BCUT2D eigenvalue weighted by Crippen LogP contribution is -2.51. The Labute approximate surface area is 334 Å². The van der Waals surface area contributed by atoms with Gasteiger partial charge in [-0.2, -0.15) is 16.8 Å². The Bertz CT molecular complexity index is 2240. The minimum Gasteiger partial charge on any atom is -0.490 e. The lowest BCUT2D eigenvalue weighted by Gasteiger charge is -2.38. The highest BCUT2D eigenvalue weighted by Gasteiger charge is 2.61. The van der Waals surface area contributed by atoms with E-state index in [1.165, 1.54) is 33.1 Å². The predicted molar refractivity (Wildman–Crippen MR) is 202 cm³/mol. The number of fused-ring (bicyclic) bond motifs is 4. The molecule has 0 aliphatic carbocycles. The van der Waals surface area contributed by atoms with Gasteiger partial charge in [-0.15, -0.1) is 8.80 Å². The van der Waals surface area contributed by atoms with Crippen LogP contribution in [0.5, 0.6) is 11.5 Å². The van der Waals surface area contributed by atoms with Crippen molar-refractivity contribution in [1.82, 2.24) is 0 Å². The molecule has 6 heterocycles. The van der Waals surface area contributed by atoms with Crippen molar-refractivity contribution in [3.63, 3.8) is 0 Å². The van der Waals surface area contributed by atoms with E-state index in [9.17, 15) is 21.9 Å². The molecular formula is C35H46N6O15S2. The number of nitrogens with zero attached hydrogens (tertiary/aromatic N) is 2. The first kappa shape index (κ1) is 40.9. The zero-order chi connectivity index (χ0) is 41.6. The first-order valence-corrected chi connectivity index (χ1v) is 21.3. The zero-order valence-corrected chi connectivity index (χ0v) is 33.9. The molecule has 6 aliphatic rings. The van der Waals surface area contributed by atoms with Gasteiger partial charge >= 0.3 is 20.4 Å². The van der Waals surface area contributed by atoms with Gasteiger partial charge in [-0.1, -0.05) is 12.1 Å². The fourth-order valence-corrected chi connectivity index (χ4v) is 9.73. The number of amidine groups is 2. The molecule has 0 aromatic heterocycles. The second-order valence-electron chi connectivity index (χ2n) is 15.7. The molecule has 58 heavy (non-hydrogen) atoms. The van der Waals surface area contributed by atoms with Gasteiger partial charge in [0.25, 0.3) is 0 Å². The van der Waals surface area contributed by atoms with Gasteiger partial charge in [-0.25, -0.2) is 0 Å². The molecule has 4 saturated heterocycles. The van der Waals surface area contributed by atoms with E-state index in [-0.39, 0.29) is 65.1 Å². The summed E-state index contributed by atoms with van der Waals surface area (Å²) in [5.74, 6) is -4.12. The number of anilines is 2. The Hall–Kier alpha value is -3.88.